The lowest BCUT2D eigenvalue weighted by Crippen LogP contribution is -2.31. The molecular weight excluding hydrogens is 302 g/mol. The van der Waals surface area contributed by atoms with Crippen molar-refractivity contribution in [3.05, 3.63) is 52.0 Å². The third kappa shape index (κ3) is 2.79. The number of aromatic nitrogens is 1. The zero-order valence-corrected chi connectivity index (χ0v) is 13.3. The van der Waals surface area contributed by atoms with E-state index in [4.69, 9.17) is 12.2 Å². The van der Waals surface area contributed by atoms with Crippen molar-refractivity contribution in [2.75, 3.05) is 13.2 Å². The fourth-order valence-electron chi connectivity index (χ4n) is 2.68. The predicted octanol–water partition coefficient (Wildman–Crippen LogP) is 2.42. The number of aryl methyl sites for hydroxylation is 1. The molecule has 2 aromatic heterocycles. The van der Waals surface area contributed by atoms with Gasteiger partial charge in [0, 0.05) is 22.5 Å². The molecule has 1 fully saturated rings. The summed E-state index contributed by atoms with van der Waals surface area (Å²) in [6, 6.07) is 10.3. The van der Waals surface area contributed by atoms with Gasteiger partial charge in [0.1, 0.15) is 0 Å². The van der Waals surface area contributed by atoms with Crippen molar-refractivity contribution < 1.29 is 5.11 Å². The van der Waals surface area contributed by atoms with Gasteiger partial charge < -0.3 is 15.3 Å². The number of β-amino-alcohol motifs (C(OH)–C–C–N with tert-alkyl or cyclic N) is 1. The Labute approximate surface area is 133 Å². The molecule has 2 N–H and O–H groups in total. The molecule has 2 unspecified atom stereocenters. The Morgan fingerprint density at radius 2 is 2.24 bits per heavy atom. The number of aliphatic hydroxyl groups excluding tert-OH is 1. The quantitative estimate of drug-likeness (QED) is 0.848. The molecule has 1 aliphatic heterocycles. The summed E-state index contributed by atoms with van der Waals surface area (Å²) in [6.45, 7) is 2.70. The molecule has 0 radical (unpaired) electrons. The van der Waals surface area contributed by atoms with Crippen molar-refractivity contribution in [2.45, 2.75) is 19.0 Å². The SMILES string of the molecule is Cc1ccc(C2C(c3ccccn3)NC(=S)N2CCO)s1. The number of thiophene rings is 1. The summed E-state index contributed by atoms with van der Waals surface area (Å²) >= 11 is 7.21. The smallest absolute Gasteiger partial charge is 0.170 e. The molecule has 0 spiro atoms. The van der Waals surface area contributed by atoms with Gasteiger partial charge in [-0.05, 0) is 43.4 Å². The molecule has 2 atom stereocenters. The number of aliphatic hydroxyl groups is 1. The second-order valence-corrected chi connectivity index (χ2v) is 6.70. The maximum absolute atomic E-state index is 9.33. The van der Waals surface area contributed by atoms with E-state index in [0.29, 0.717) is 11.7 Å². The van der Waals surface area contributed by atoms with E-state index in [1.807, 2.05) is 18.2 Å². The third-order valence-electron chi connectivity index (χ3n) is 3.59. The van der Waals surface area contributed by atoms with E-state index in [-0.39, 0.29) is 18.7 Å². The molecule has 0 bridgehead atoms. The van der Waals surface area contributed by atoms with Crippen molar-refractivity contribution in [2.24, 2.45) is 0 Å². The Hall–Kier alpha value is -1.50. The molecular formula is C15H17N3OS2. The molecule has 0 saturated carbocycles. The number of thiocarbonyl (C=S) groups is 1. The highest BCUT2D eigenvalue weighted by Gasteiger charge is 2.39. The molecule has 1 aliphatic rings. The number of hydrogen-bond acceptors (Lipinski definition) is 4. The van der Waals surface area contributed by atoms with Gasteiger partial charge in [-0.15, -0.1) is 11.3 Å². The molecule has 2 aromatic rings. The van der Waals surface area contributed by atoms with E-state index < -0.39 is 0 Å². The Morgan fingerprint density at radius 1 is 1.38 bits per heavy atom. The van der Waals surface area contributed by atoms with Gasteiger partial charge in [0.2, 0.25) is 0 Å². The normalized spacial score (nSPS) is 21.6. The molecule has 0 amide bonds. The molecule has 3 heterocycles. The maximum atomic E-state index is 9.33. The van der Waals surface area contributed by atoms with Gasteiger partial charge in [0.25, 0.3) is 0 Å². The highest BCUT2D eigenvalue weighted by atomic mass is 32.1. The second-order valence-electron chi connectivity index (χ2n) is 4.99. The topological polar surface area (TPSA) is 48.4 Å². The molecule has 4 nitrogen and oxygen atoms in total. The van der Waals surface area contributed by atoms with Crippen LogP contribution < -0.4 is 5.32 Å². The molecule has 3 rings (SSSR count). The highest BCUT2D eigenvalue weighted by molar-refractivity contribution is 7.80. The number of nitrogens with zero attached hydrogens (tertiary/aromatic N) is 2. The van der Waals surface area contributed by atoms with Crippen molar-refractivity contribution in [1.29, 1.82) is 0 Å². The zero-order valence-electron chi connectivity index (χ0n) is 11.7. The van der Waals surface area contributed by atoms with Gasteiger partial charge >= 0.3 is 0 Å². The lowest BCUT2D eigenvalue weighted by Gasteiger charge is -2.26. The van der Waals surface area contributed by atoms with Gasteiger partial charge in [-0.25, -0.2) is 0 Å². The van der Waals surface area contributed by atoms with Crippen molar-refractivity contribution in [3.8, 4) is 0 Å². The van der Waals surface area contributed by atoms with E-state index in [0.717, 1.165) is 5.69 Å². The molecule has 6 heteroatoms. The van der Waals surface area contributed by atoms with E-state index in [2.05, 4.69) is 34.3 Å². The summed E-state index contributed by atoms with van der Waals surface area (Å²) in [6.07, 6.45) is 1.80. The minimum Gasteiger partial charge on any atom is -0.395 e. The third-order valence-corrected chi connectivity index (χ3v) is 5.02. The van der Waals surface area contributed by atoms with Crippen LogP contribution in [0.4, 0.5) is 0 Å². The van der Waals surface area contributed by atoms with Crippen LogP contribution in [0.2, 0.25) is 0 Å². The fraction of sp³-hybridized carbons (Fsp3) is 0.333. The summed E-state index contributed by atoms with van der Waals surface area (Å²) in [4.78, 5) is 9.03. The van der Waals surface area contributed by atoms with Crippen LogP contribution in [-0.4, -0.2) is 33.3 Å². The average molecular weight is 319 g/mol. The standard InChI is InChI=1S/C15H17N3OS2/c1-10-5-6-12(21-10)14-13(11-4-2-3-7-16-11)17-15(20)18(14)8-9-19/h2-7,13-14,19H,8-9H2,1H3,(H,17,20). The first-order valence-electron chi connectivity index (χ1n) is 6.86. The van der Waals surface area contributed by atoms with Crippen LogP contribution in [0.3, 0.4) is 0 Å². The number of rotatable bonds is 4. The zero-order chi connectivity index (χ0) is 14.8. The molecule has 110 valence electrons. The lowest BCUT2D eigenvalue weighted by molar-refractivity contribution is 0.224. The Bertz CT molecular complexity index is 629. The summed E-state index contributed by atoms with van der Waals surface area (Å²) in [5.41, 5.74) is 0.969. The second kappa shape index (κ2) is 6.09. The van der Waals surface area contributed by atoms with Crippen molar-refractivity contribution in [3.63, 3.8) is 0 Å². The van der Waals surface area contributed by atoms with Crippen molar-refractivity contribution >= 4 is 28.7 Å². The highest BCUT2D eigenvalue weighted by Crippen LogP contribution is 2.40. The summed E-state index contributed by atoms with van der Waals surface area (Å²) < 4.78 is 0. The minimum atomic E-state index is 0.0169. The summed E-state index contributed by atoms with van der Waals surface area (Å²) in [7, 11) is 0. The summed E-state index contributed by atoms with van der Waals surface area (Å²) in [5.74, 6) is 0. The van der Waals surface area contributed by atoms with Gasteiger partial charge in [-0.3, -0.25) is 4.98 Å². The average Bonchev–Trinajstić information content (AvgIpc) is 3.05. The lowest BCUT2D eigenvalue weighted by atomic mass is 10.0. The van der Waals surface area contributed by atoms with Gasteiger partial charge in [-0.2, -0.15) is 0 Å². The molecule has 0 aromatic carbocycles. The fourth-order valence-corrected chi connectivity index (χ4v) is 4.04. The van der Waals surface area contributed by atoms with Crippen LogP contribution in [-0.2, 0) is 0 Å². The number of pyridine rings is 1. The van der Waals surface area contributed by atoms with Crippen LogP contribution >= 0.6 is 23.6 Å². The van der Waals surface area contributed by atoms with E-state index in [1.54, 1.807) is 17.5 Å². The van der Waals surface area contributed by atoms with Crippen LogP contribution in [0.25, 0.3) is 0 Å². The molecule has 21 heavy (non-hydrogen) atoms. The maximum Gasteiger partial charge on any atom is 0.170 e. The Kier molecular flexibility index (Phi) is 4.19. The molecule has 1 saturated heterocycles. The van der Waals surface area contributed by atoms with Crippen LogP contribution in [0.15, 0.2) is 36.5 Å². The van der Waals surface area contributed by atoms with Crippen LogP contribution in [0.1, 0.15) is 27.5 Å². The Morgan fingerprint density at radius 3 is 2.86 bits per heavy atom. The monoisotopic (exact) mass is 319 g/mol. The minimum absolute atomic E-state index is 0.0169. The van der Waals surface area contributed by atoms with Crippen LogP contribution in [0, 0.1) is 6.92 Å². The first-order chi connectivity index (χ1) is 10.2. The van der Waals surface area contributed by atoms with E-state index in [9.17, 15) is 5.11 Å². The molecule has 0 aliphatic carbocycles. The van der Waals surface area contributed by atoms with Crippen LogP contribution in [0.5, 0.6) is 0 Å². The van der Waals surface area contributed by atoms with E-state index >= 15 is 0 Å². The Balaban J connectivity index is 2.00. The van der Waals surface area contributed by atoms with Crippen molar-refractivity contribution in [1.82, 2.24) is 15.2 Å². The summed E-state index contributed by atoms with van der Waals surface area (Å²) in [5, 5.41) is 13.4. The van der Waals surface area contributed by atoms with E-state index in [1.165, 1.54) is 9.75 Å². The first kappa shape index (κ1) is 14.4. The van der Waals surface area contributed by atoms with Gasteiger partial charge in [0.05, 0.1) is 24.4 Å². The largest absolute Gasteiger partial charge is 0.395 e. The predicted molar refractivity (Wildman–Crippen MR) is 88.3 cm³/mol. The first-order valence-corrected chi connectivity index (χ1v) is 8.08. The van der Waals surface area contributed by atoms with Gasteiger partial charge in [0.15, 0.2) is 5.11 Å². The van der Waals surface area contributed by atoms with Gasteiger partial charge in [-0.1, -0.05) is 6.07 Å². The number of hydrogen-bond donors (Lipinski definition) is 2. The number of nitrogens with one attached hydrogen (secondary N) is 1.